The van der Waals surface area contributed by atoms with Crippen molar-refractivity contribution in [3.05, 3.63) is 69.5 Å². The zero-order chi connectivity index (χ0) is 25.6. The molecule has 1 atom stereocenters. The Balaban J connectivity index is 1.77. The van der Waals surface area contributed by atoms with Crippen LogP contribution in [0.25, 0.3) is 16.9 Å². The lowest BCUT2D eigenvalue weighted by Crippen LogP contribution is -2.33. The van der Waals surface area contributed by atoms with Crippen molar-refractivity contribution < 1.29 is 23.4 Å². The summed E-state index contributed by atoms with van der Waals surface area (Å²) in [4.78, 5) is 17.2. The van der Waals surface area contributed by atoms with E-state index in [1.807, 2.05) is 31.2 Å². The number of alkyl halides is 3. The zero-order valence-corrected chi connectivity index (χ0v) is 19.8. The normalized spacial score (nSPS) is 17.7. The van der Waals surface area contributed by atoms with E-state index in [0.717, 1.165) is 16.3 Å². The van der Waals surface area contributed by atoms with Crippen molar-refractivity contribution in [2.45, 2.75) is 32.0 Å². The number of halogens is 3. The third-order valence-electron chi connectivity index (χ3n) is 6.82. The lowest BCUT2D eigenvalue weighted by molar-refractivity contribution is -0.137. The Hall–Kier alpha value is -3.37. The number of aromatic nitrogens is 2. The number of aliphatic hydroxyl groups excluding tert-OH is 2. The largest absolute Gasteiger partial charge is 0.418 e. The molecule has 0 radical (unpaired) electrons. The van der Waals surface area contributed by atoms with Crippen LogP contribution >= 0.6 is 0 Å². The summed E-state index contributed by atoms with van der Waals surface area (Å²) in [5.41, 5.74) is 1.54. The van der Waals surface area contributed by atoms with Gasteiger partial charge in [-0.05, 0) is 44.0 Å². The molecule has 3 aromatic rings. The minimum absolute atomic E-state index is 0.192. The maximum atomic E-state index is 14.1. The van der Waals surface area contributed by atoms with Crippen LogP contribution in [0.4, 0.5) is 24.5 Å². The lowest BCUT2D eigenvalue weighted by atomic mass is 10.0. The van der Waals surface area contributed by atoms with Crippen LogP contribution in [0.2, 0.25) is 0 Å². The third kappa shape index (κ3) is 4.35. The molecule has 190 valence electrons. The molecule has 10 heteroatoms. The molecule has 36 heavy (non-hydrogen) atoms. The van der Waals surface area contributed by atoms with Crippen molar-refractivity contribution in [3.8, 4) is 16.9 Å². The SMILES string of the molecule is Cc1cccc(-c2nn(-c3cc(N4CC[C@H](O)C4)ccc3C(F)(F)F)c(=O)c3c2CCN3CCO)c1. The van der Waals surface area contributed by atoms with Gasteiger partial charge in [-0.2, -0.15) is 23.0 Å². The minimum Gasteiger partial charge on any atom is -0.395 e. The molecule has 1 fully saturated rings. The van der Waals surface area contributed by atoms with Crippen LogP contribution in [0, 0.1) is 6.92 Å². The van der Waals surface area contributed by atoms with Crippen LogP contribution in [-0.4, -0.2) is 58.9 Å². The van der Waals surface area contributed by atoms with Crippen LogP contribution in [0.3, 0.4) is 0 Å². The van der Waals surface area contributed by atoms with Gasteiger partial charge >= 0.3 is 6.18 Å². The van der Waals surface area contributed by atoms with Gasteiger partial charge in [-0.1, -0.05) is 23.8 Å². The predicted molar refractivity (Wildman–Crippen MR) is 131 cm³/mol. The van der Waals surface area contributed by atoms with Crippen molar-refractivity contribution >= 4 is 11.4 Å². The molecule has 0 aliphatic carbocycles. The third-order valence-corrected chi connectivity index (χ3v) is 6.82. The average Bonchev–Trinajstić information content (AvgIpc) is 3.46. The van der Waals surface area contributed by atoms with Crippen molar-refractivity contribution in [1.29, 1.82) is 0 Å². The van der Waals surface area contributed by atoms with E-state index in [1.165, 1.54) is 12.1 Å². The predicted octanol–water partition coefficient (Wildman–Crippen LogP) is 3.15. The van der Waals surface area contributed by atoms with Gasteiger partial charge in [0.2, 0.25) is 0 Å². The molecule has 0 spiro atoms. The first kappa shape index (κ1) is 24.3. The number of aryl methyl sites for hydroxylation is 1. The molecule has 2 aliphatic heterocycles. The van der Waals surface area contributed by atoms with Crippen LogP contribution in [-0.2, 0) is 12.6 Å². The summed E-state index contributed by atoms with van der Waals surface area (Å²) in [6, 6.07) is 11.1. The molecule has 1 aromatic heterocycles. The van der Waals surface area contributed by atoms with Gasteiger partial charge in [0.05, 0.1) is 29.7 Å². The molecule has 1 saturated heterocycles. The van der Waals surface area contributed by atoms with Gasteiger partial charge in [0, 0.05) is 43.0 Å². The van der Waals surface area contributed by atoms with Crippen LogP contribution in [0.15, 0.2) is 47.3 Å². The van der Waals surface area contributed by atoms with Gasteiger partial charge in [-0.15, -0.1) is 0 Å². The first-order valence-corrected chi connectivity index (χ1v) is 11.9. The maximum Gasteiger partial charge on any atom is 0.418 e. The summed E-state index contributed by atoms with van der Waals surface area (Å²) in [5, 5.41) is 24.0. The number of anilines is 2. The Bertz CT molecular complexity index is 1360. The topological polar surface area (TPSA) is 81.8 Å². The Morgan fingerprint density at radius 3 is 2.61 bits per heavy atom. The van der Waals surface area contributed by atoms with Crippen molar-refractivity contribution in [2.75, 3.05) is 42.6 Å². The highest BCUT2D eigenvalue weighted by Gasteiger charge is 2.37. The van der Waals surface area contributed by atoms with E-state index < -0.39 is 23.4 Å². The molecule has 0 unspecified atom stereocenters. The minimum atomic E-state index is -4.72. The average molecular weight is 501 g/mol. The van der Waals surface area contributed by atoms with Gasteiger partial charge in [0.15, 0.2) is 0 Å². The van der Waals surface area contributed by atoms with Gasteiger partial charge in [-0.3, -0.25) is 4.79 Å². The molecule has 2 aromatic carbocycles. The summed E-state index contributed by atoms with van der Waals surface area (Å²) in [6.07, 6.45) is -4.26. The Morgan fingerprint density at radius 1 is 1.14 bits per heavy atom. The molecule has 0 bridgehead atoms. The number of hydrogen-bond acceptors (Lipinski definition) is 6. The Morgan fingerprint density at radius 2 is 1.94 bits per heavy atom. The number of nitrogens with zero attached hydrogens (tertiary/aromatic N) is 4. The number of hydrogen-bond donors (Lipinski definition) is 2. The number of aliphatic hydroxyl groups is 2. The maximum absolute atomic E-state index is 14.1. The van der Waals surface area contributed by atoms with E-state index in [-0.39, 0.29) is 24.5 Å². The van der Waals surface area contributed by atoms with Crippen molar-refractivity contribution in [2.24, 2.45) is 0 Å². The summed E-state index contributed by atoms with van der Waals surface area (Å²) >= 11 is 0. The van der Waals surface area contributed by atoms with E-state index in [9.17, 15) is 28.2 Å². The van der Waals surface area contributed by atoms with E-state index in [1.54, 1.807) is 9.80 Å². The molecule has 0 saturated carbocycles. The fraction of sp³-hybridized carbons (Fsp3) is 0.385. The second kappa shape index (κ2) is 9.25. The first-order chi connectivity index (χ1) is 17.2. The van der Waals surface area contributed by atoms with Gasteiger partial charge in [0.25, 0.3) is 5.56 Å². The highest BCUT2D eigenvalue weighted by atomic mass is 19.4. The lowest BCUT2D eigenvalue weighted by Gasteiger charge is -2.23. The van der Waals surface area contributed by atoms with Crippen molar-refractivity contribution in [3.63, 3.8) is 0 Å². The molecular weight excluding hydrogens is 473 g/mol. The Labute approximate surface area is 206 Å². The van der Waals surface area contributed by atoms with Gasteiger partial charge in [0.1, 0.15) is 5.69 Å². The van der Waals surface area contributed by atoms with Crippen LogP contribution < -0.4 is 15.4 Å². The second-order valence-corrected chi connectivity index (χ2v) is 9.31. The zero-order valence-electron chi connectivity index (χ0n) is 19.8. The quantitative estimate of drug-likeness (QED) is 0.560. The van der Waals surface area contributed by atoms with E-state index >= 15 is 0 Å². The molecule has 0 amide bonds. The molecule has 5 rings (SSSR count). The number of rotatable bonds is 5. The fourth-order valence-electron chi connectivity index (χ4n) is 5.11. The highest BCUT2D eigenvalue weighted by Crippen LogP contribution is 2.38. The smallest absolute Gasteiger partial charge is 0.395 e. The molecule has 7 nitrogen and oxygen atoms in total. The number of fused-ring (bicyclic) bond motifs is 1. The van der Waals surface area contributed by atoms with E-state index in [0.29, 0.717) is 55.0 Å². The number of β-amino-alcohol motifs (C(OH)–C–C–N with tert-alkyl or cyclic N) is 2. The van der Waals surface area contributed by atoms with Crippen LogP contribution in [0.1, 0.15) is 23.1 Å². The van der Waals surface area contributed by atoms with Gasteiger partial charge < -0.3 is 20.0 Å². The monoisotopic (exact) mass is 500 g/mol. The summed E-state index contributed by atoms with van der Waals surface area (Å²) in [6.45, 7) is 3.17. The molecular formula is C26H27F3N4O3. The second-order valence-electron chi connectivity index (χ2n) is 9.31. The fourth-order valence-corrected chi connectivity index (χ4v) is 5.11. The standard InChI is InChI=1S/C26H27F3N4O3/c1-16-3-2-4-17(13-16)23-20-8-10-31(11-12-34)24(20)25(36)33(30-23)22-14-18(32-9-7-19(35)15-32)5-6-21(22)26(27,28)29/h2-6,13-14,19,34-35H,7-12,15H2,1H3/t19-/m0/s1. The Kier molecular flexibility index (Phi) is 6.25. The van der Waals surface area contributed by atoms with E-state index in [4.69, 9.17) is 0 Å². The van der Waals surface area contributed by atoms with Crippen LogP contribution in [0.5, 0.6) is 0 Å². The molecule has 2 N–H and O–H groups in total. The van der Waals surface area contributed by atoms with Gasteiger partial charge in [-0.25, -0.2) is 0 Å². The highest BCUT2D eigenvalue weighted by molar-refractivity contribution is 5.73. The molecule has 2 aliphatic rings. The summed E-state index contributed by atoms with van der Waals surface area (Å²) in [5.74, 6) is 0. The summed E-state index contributed by atoms with van der Waals surface area (Å²) in [7, 11) is 0. The first-order valence-electron chi connectivity index (χ1n) is 11.9. The van der Waals surface area contributed by atoms with E-state index in [2.05, 4.69) is 5.10 Å². The van der Waals surface area contributed by atoms with Crippen molar-refractivity contribution in [1.82, 2.24) is 9.78 Å². The summed E-state index contributed by atoms with van der Waals surface area (Å²) < 4.78 is 43.3. The molecule has 3 heterocycles. The number of benzene rings is 2.